The zero-order valence-corrected chi connectivity index (χ0v) is 14.9. The van der Waals surface area contributed by atoms with Crippen LogP contribution in [0.15, 0.2) is 53.0 Å². The highest BCUT2D eigenvalue weighted by Gasteiger charge is 2.27. The molecule has 0 saturated carbocycles. The molecule has 4 nitrogen and oxygen atoms in total. The summed E-state index contributed by atoms with van der Waals surface area (Å²) in [4.78, 5) is 22.3. The van der Waals surface area contributed by atoms with Crippen molar-refractivity contribution in [2.45, 2.75) is 4.83 Å². The largest absolute Gasteiger partial charge is 0.478 e. The third-order valence-electron chi connectivity index (χ3n) is 3.57. The third kappa shape index (κ3) is 3.09. The van der Waals surface area contributed by atoms with Gasteiger partial charge in [0.25, 0.3) is 0 Å². The molecule has 0 bridgehead atoms. The number of carboxylic acids is 1. The molecule has 116 valence electrons. The quantitative estimate of drug-likeness (QED) is 0.550. The topological polar surface area (TPSA) is 66.4 Å². The van der Waals surface area contributed by atoms with Gasteiger partial charge in [-0.1, -0.05) is 40.2 Å². The predicted octanol–water partition coefficient (Wildman–Crippen LogP) is 4.49. The highest BCUT2D eigenvalue weighted by atomic mass is 79.9. The number of fused-ring (bicyclic) bond motifs is 3. The lowest BCUT2D eigenvalue weighted by molar-refractivity contribution is -0.131. The Balaban J connectivity index is 1.95. The molecule has 2 aromatic rings. The number of halogens is 2. The molecule has 0 aliphatic heterocycles. The maximum atomic E-state index is 11.8. The number of anilines is 1. The van der Waals surface area contributed by atoms with Crippen molar-refractivity contribution in [3.63, 3.8) is 0 Å². The van der Waals surface area contributed by atoms with E-state index in [9.17, 15) is 9.59 Å². The molecule has 0 saturated heterocycles. The number of carboxylic acid groups (broad SMARTS) is 1. The first kappa shape index (κ1) is 16.0. The van der Waals surface area contributed by atoms with Gasteiger partial charge >= 0.3 is 5.97 Å². The van der Waals surface area contributed by atoms with Crippen LogP contribution >= 0.6 is 31.9 Å². The first-order chi connectivity index (χ1) is 11.0. The van der Waals surface area contributed by atoms with E-state index in [0.717, 1.165) is 33.3 Å². The fourth-order valence-electron chi connectivity index (χ4n) is 2.58. The minimum atomic E-state index is -1.16. The highest BCUT2D eigenvalue weighted by Crippen LogP contribution is 2.50. The van der Waals surface area contributed by atoms with Crippen LogP contribution in [-0.2, 0) is 9.59 Å². The molecule has 1 unspecified atom stereocenters. The summed E-state index contributed by atoms with van der Waals surface area (Å²) < 4.78 is 0.740. The van der Waals surface area contributed by atoms with Gasteiger partial charge < -0.3 is 10.4 Å². The van der Waals surface area contributed by atoms with E-state index in [1.54, 1.807) is 0 Å². The van der Waals surface area contributed by atoms with Crippen LogP contribution in [0.25, 0.3) is 11.1 Å². The van der Waals surface area contributed by atoms with Crippen molar-refractivity contribution in [1.82, 2.24) is 0 Å². The molecule has 2 N–H and O–H groups in total. The molecule has 0 fully saturated rings. The molecule has 2 aromatic carbocycles. The van der Waals surface area contributed by atoms with Crippen molar-refractivity contribution in [3.8, 4) is 11.1 Å². The number of hydrogen-bond donors (Lipinski definition) is 2. The fourth-order valence-corrected chi connectivity index (χ4v) is 3.80. The van der Waals surface area contributed by atoms with Gasteiger partial charge in [0.05, 0.1) is 10.5 Å². The van der Waals surface area contributed by atoms with Crippen LogP contribution in [0.5, 0.6) is 0 Å². The Hall–Kier alpha value is -1.92. The third-order valence-corrected chi connectivity index (χ3v) is 5.21. The van der Waals surface area contributed by atoms with Crippen molar-refractivity contribution in [2.75, 3.05) is 5.32 Å². The number of carbonyl (C=O) groups excluding carboxylic acids is 1. The van der Waals surface area contributed by atoms with Crippen LogP contribution in [0.3, 0.4) is 0 Å². The van der Waals surface area contributed by atoms with Gasteiger partial charge in [-0.25, -0.2) is 4.79 Å². The van der Waals surface area contributed by atoms with E-state index in [2.05, 4.69) is 49.3 Å². The first-order valence-corrected chi connectivity index (χ1v) is 8.47. The zero-order chi connectivity index (χ0) is 16.6. The second-order valence-electron chi connectivity index (χ2n) is 5.03. The van der Waals surface area contributed by atoms with E-state index in [1.807, 2.05) is 24.3 Å². The van der Waals surface area contributed by atoms with Gasteiger partial charge in [0.2, 0.25) is 5.91 Å². The van der Waals surface area contributed by atoms with Crippen molar-refractivity contribution < 1.29 is 14.7 Å². The lowest BCUT2D eigenvalue weighted by Crippen LogP contribution is -2.09. The summed E-state index contributed by atoms with van der Waals surface area (Å²) in [7, 11) is 0. The van der Waals surface area contributed by atoms with Gasteiger partial charge in [0.15, 0.2) is 0 Å². The summed E-state index contributed by atoms with van der Waals surface area (Å²) in [5.41, 5.74) is 5.11. The molecule has 1 aliphatic carbocycles. The van der Waals surface area contributed by atoms with E-state index in [0.29, 0.717) is 5.69 Å². The van der Waals surface area contributed by atoms with E-state index < -0.39 is 11.9 Å². The predicted molar refractivity (Wildman–Crippen MR) is 95.8 cm³/mol. The van der Waals surface area contributed by atoms with Crippen LogP contribution < -0.4 is 5.32 Å². The summed E-state index contributed by atoms with van der Waals surface area (Å²) in [5.74, 6) is -1.65. The second-order valence-corrected chi connectivity index (χ2v) is 6.80. The molecule has 1 atom stereocenters. The lowest BCUT2D eigenvalue weighted by atomic mass is 10.1. The summed E-state index contributed by atoms with van der Waals surface area (Å²) in [6.07, 6.45) is 1.79. The molecule has 23 heavy (non-hydrogen) atoms. The average Bonchev–Trinajstić information content (AvgIpc) is 2.79. The minimum Gasteiger partial charge on any atom is -0.478 e. The highest BCUT2D eigenvalue weighted by molar-refractivity contribution is 9.10. The first-order valence-electron chi connectivity index (χ1n) is 6.76. The number of alkyl halides is 1. The van der Waals surface area contributed by atoms with Gasteiger partial charge in [-0.15, -0.1) is 0 Å². The van der Waals surface area contributed by atoms with Crippen LogP contribution in [0, 0.1) is 0 Å². The fraction of sp³-hybridized carbons (Fsp3) is 0.0588. The van der Waals surface area contributed by atoms with Crippen LogP contribution in [0.4, 0.5) is 5.69 Å². The summed E-state index contributed by atoms with van der Waals surface area (Å²) in [6, 6.07) is 12.0. The Kier molecular flexibility index (Phi) is 4.37. The lowest BCUT2D eigenvalue weighted by Gasteiger charge is -2.10. The Bertz CT molecular complexity index is 846. The summed E-state index contributed by atoms with van der Waals surface area (Å²) in [6.45, 7) is 0. The van der Waals surface area contributed by atoms with Gasteiger partial charge in [0, 0.05) is 16.6 Å². The standard InChI is InChI=1S/C17H11Br2NO3/c18-13-7-11-9-3-1-2-4-10(9)17(19)12(11)8-14(13)20-15(21)5-6-16(22)23/h1-8,17H,(H,20,21)(H,22,23). The Morgan fingerprint density at radius 3 is 2.57 bits per heavy atom. The summed E-state index contributed by atoms with van der Waals surface area (Å²) >= 11 is 7.15. The number of amides is 1. The molecular formula is C17H11Br2NO3. The normalized spacial score (nSPS) is 15.3. The van der Waals surface area contributed by atoms with Crippen LogP contribution in [-0.4, -0.2) is 17.0 Å². The van der Waals surface area contributed by atoms with Crippen molar-refractivity contribution in [2.24, 2.45) is 0 Å². The molecule has 0 heterocycles. The number of aliphatic carboxylic acids is 1. The number of hydrogen-bond acceptors (Lipinski definition) is 2. The SMILES string of the molecule is O=C(O)C=CC(=O)Nc1cc2c(cc1Br)-c1ccccc1C2Br. The molecule has 6 heteroatoms. The van der Waals surface area contributed by atoms with Crippen molar-refractivity contribution >= 4 is 49.4 Å². The number of rotatable bonds is 3. The van der Waals surface area contributed by atoms with Crippen molar-refractivity contribution in [1.29, 1.82) is 0 Å². The Labute approximate surface area is 149 Å². The van der Waals surface area contributed by atoms with E-state index in [1.165, 1.54) is 5.56 Å². The molecule has 1 aliphatic rings. The van der Waals surface area contributed by atoms with Crippen molar-refractivity contribution in [3.05, 3.63) is 64.1 Å². The number of nitrogens with one attached hydrogen (secondary N) is 1. The Morgan fingerprint density at radius 1 is 1.09 bits per heavy atom. The Morgan fingerprint density at radius 2 is 1.83 bits per heavy atom. The maximum absolute atomic E-state index is 11.8. The number of carbonyl (C=O) groups is 2. The van der Waals surface area contributed by atoms with Gasteiger partial charge in [-0.2, -0.15) is 0 Å². The molecule has 1 amide bonds. The smallest absolute Gasteiger partial charge is 0.328 e. The average molecular weight is 437 g/mol. The number of benzene rings is 2. The van der Waals surface area contributed by atoms with Gasteiger partial charge in [-0.3, -0.25) is 4.79 Å². The maximum Gasteiger partial charge on any atom is 0.328 e. The van der Waals surface area contributed by atoms with Gasteiger partial charge in [-0.05, 0) is 50.3 Å². The molecule has 0 radical (unpaired) electrons. The zero-order valence-electron chi connectivity index (χ0n) is 11.7. The molecule has 0 aromatic heterocycles. The van der Waals surface area contributed by atoms with E-state index in [4.69, 9.17) is 5.11 Å². The molecule has 3 rings (SSSR count). The molecular weight excluding hydrogens is 426 g/mol. The monoisotopic (exact) mass is 435 g/mol. The van der Waals surface area contributed by atoms with Crippen LogP contribution in [0.2, 0.25) is 0 Å². The molecule has 0 spiro atoms. The van der Waals surface area contributed by atoms with Crippen LogP contribution in [0.1, 0.15) is 16.0 Å². The minimum absolute atomic E-state index is 0.0620. The van der Waals surface area contributed by atoms with Gasteiger partial charge in [0.1, 0.15) is 0 Å². The van der Waals surface area contributed by atoms with E-state index in [-0.39, 0.29) is 4.83 Å². The summed E-state index contributed by atoms with van der Waals surface area (Å²) in [5, 5.41) is 11.2. The van der Waals surface area contributed by atoms with E-state index >= 15 is 0 Å². The second kappa shape index (κ2) is 6.29.